The van der Waals surface area contributed by atoms with Crippen LogP contribution in [0.4, 0.5) is 5.69 Å². The number of Topliss-reactive ketones (excluding diaryl/α,β-unsaturated/α-hetero) is 1. The van der Waals surface area contributed by atoms with Gasteiger partial charge in [0.25, 0.3) is 0 Å². The fourth-order valence-corrected chi connectivity index (χ4v) is 2.15. The molecule has 0 radical (unpaired) electrons. The third kappa shape index (κ3) is 3.88. The summed E-state index contributed by atoms with van der Waals surface area (Å²) >= 11 is 0. The van der Waals surface area contributed by atoms with Crippen LogP contribution in [0, 0.1) is 5.92 Å². The van der Waals surface area contributed by atoms with E-state index >= 15 is 0 Å². The highest BCUT2D eigenvalue weighted by molar-refractivity contribution is 5.81. The van der Waals surface area contributed by atoms with Crippen molar-refractivity contribution in [1.82, 2.24) is 0 Å². The summed E-state index contributed by atoms with van der Waals surface area (Å²) in [5.41, 5.74) is 7.62. The maximum absolute atomic E-state index is 12.0. The molecule has 0 amide bonds. The molecule has 0 spiro atoms. The van der Waals surface area contributed by atoms with Crippen LogP contribution < -0.4 is 5.73 Å². The van der Waals surface area contributed by atoms with Gasteiger partial charge in [-0.05, 0) is 36.5 Å². The van der Waals surface area contributed by atoms with Gasteiger partial charge in [-0.2, -0.15) is 0 Å². The summed E-state index contributed by atoms with van der Waals surface area (Å²) in [6.45, 7) is 6.27. The zero-order valence-corrected chi connectivity index (χ0v) is 11.1. The Bertz CT molecular complexity index is 352. The molecule has 1 rings (SSSR count). The Kier molecular flexibility index (Phi) is 5.20. The number of hydrogen-bond acceptors (Lipinski definition) is 2. The van der Waals surface area contributed by atoms with E-state index in [2.05, 4.69) is 20.8 Å². The second kappa shape index (κ2) is 6.43. The topological polar surface area (TPSA) is 43.1 Å². The van der Waals surface area contributed by atoms with Gasteiger partial charge in [-0.25, -0.2) is 0 Å². The average molecular weight is 233 g/mol. The molecule has 94 valence electrons. The molecule has 17 heavy (non-hydrogen) atoms. The monoisotopic (exact) mass is 233 g/mol. The third-order valence-corrected chi connectivity index (χ3v) is 3.45. The Morgan fingerprint density at radius 1 is 1.18 bits per heavy atom. The summed E-state index contributed by atoms with van der Waals surface area (Å²) in [5, 5.41) is 0. The summed E-state index contributed by atoms with van der Waals surface area (Å²) in [6, 6.07) is 7.82. The van der Waals surface area contributed by atoms with Crippen molar-refractivity contribution in [3.63, 3.8) is 0 Å². The molecule has 2 N–H and O–H groups in total. The van der Waals surface area contributed by atoms with Crippen LogP contribution in [0.2, 0.25) is 0 Å². The number of nitrogens with two attached hydrogens (primary N) is 1. The summed E-state index contributed by atoms with van der Waals surface area (Å²) in [5.74, 6) is 0.897. The zero-order chi connectivity index (χ0) is 12.8. The Labute approximate surface area is 104 Å². The van der Waals surface area contributed by atoms with Gasteiger partial charge in [-0.3, -0.25) is 4.79 Å². The molecular formula is C15H23NO. The van der Waals surface area contributed by atoms with Crippen molar-refractivity contribution in [2.75, 3.05) is 5.73 Å². The van der Waals surface area contributed by atoms with Crippen molar-refractivity contribution in [3.8, 4) is 0 Å². The van der Waals surface area contributed by atoms with Gasteiger partial charge in [0.2, 0.25) is 0 Å². The van der Waals surface area contributed by atoms with E-state index in [1.54, 1.807) is 0 Å². The second-order valence-electron chi connectivity index (χ2n) is 4.75. The molecule has 0 bridgehead atoms. The van der Waals surface area contributed by atoms with Crippen molar-refractivity contribution in [3.05, 3.63) is 29.8 Å². The summed E-state index contributed by atoms with van der Waals surface area (Å²) in [6.07, 6.45) is 2.53. The van der Waals surface area contributed by atoms with E-state index in [0.29, 0.717) is 12.2 Å². The lowest BCUT2D eigenvalue weighted by atomic mass is 9.88. The summed E-state index contributed by atoms with van der Waals surface area (Å²) in [4.78, 5) is 12.0. The molecule has 0 aromatic heterocycles. The molecule has 0 saturated carbocycles. The van der Waals surface area contributed by atoms with Crippen molar-refractivity contribution >= 4 is 11.5 Å². The van der Waals surface area contributed by atoms with Gasteiger partial charge in [0.1, 0.15) is 5.78 Å². The van der Waals surface area contributed by atoms with Crippen LogP contribution in [0.3, 0.4) is 0 Å². The van der Waals surface area contributed by atoms with E-state index in [-0.39, 0.29) is 11.8 Å². The fourth-order valence-electron chi connectivity index (χ4n) is 2.15. The number of rotatable bonds is 6. The van der Waals surface area contributed by atoms with Crippen LogP contribution in [-0.2, 0) is 4.79 Å². The maximum atomic E-state index is 12.0. The highest BCUT2D eigenvalue weighted by atomic mass is 16.1. The van der Waals surface area contributed by atoms with Crippen LogP contribution in [0.15, 0.2) is 24.3 Å². The molecule has 0 aliphatic rings. The quantitative estimate of drug-likeness (QED) is 0.760. The van der Waals surface area contributed by atoms with Crippen molar-refractivity contribution in [1.29, 1.82) is 0 Å². The lowest BCUT2D eigenvalue weighted by Crippen LogP contribution is -2.15. The first kappa shape index (κ1) is 13.8. The standard InChI is InChI=1S/C15H23NO/c1-4-12(5-2)15(17)10-11(3)13-6-8-14(16)9-7-13/h6-9,11-12H,4-5,10,16H2,1-3H3. The number of anilines is 1. The molecule has 0 aliphatic carbocycles. The number of nitrogen functional groups attached to an aromatic ring is 1. The van der Waals surface area contributed by atoms with Crippen LogP contribution >= 0.6 is 0 Å². The Hall–Kier alpha value is -1.31. The predicted octanol–water partition coefficient (Wildman–Crippen LogP) is 3.77. The Balaban J connectivity index is 2.62. The van der Waals surface area contributed by atoms with Gasteiger partial charge in [0, 0.05) is 18.0 Å². The van der Waals surface area contributed by atoms with E-state index in [1.165, 1.54) is 5.56 Å². The van der Waals surface area contributed by atoms with Crippen LogP contribution in [-0.4, -0.2) is 5.78 Å². The highest BCUT2D eigenvalue weighted by Crippen LogP contribution is 2.23. The van der Waals surface area contributed by atoms with Gasteiger partial charge < -0.3 is 5.73 Å². The number of ketones is 1. The number of carbonyl (C=O) groups excluding carboxylic acids is 1. The summed E-state index contributed by atoms with van der Waals surface area (Å²) in [7, 11) is 0. The molecule has 0 heterocycles. The first-order valence-electron chi connectivity index (χ1n) is 6.46. The molecule has 2 nitrogen and oxygen atoms in total. The molecule has 1 aromatic carbocycles. The molecule has 1 aromatic rings. The molecule has 2 heteroatoms. The lowest BCUT2D eigenvalue weighted by Gasteiger charge is -2.15. The van der Waals surface area contributed by atoms with E-state index < -0.39 is 0 Å². The largest absolute Gasteiger partial charge is 0.399 e. The van der Waals surface area contributed by atoms with Crippen LogP contribution in [0.1, 0.15) is 51.5 Å². The molecule has 1 atom stereocenters. The van der Waals surface area contributed by atoms with Crippen molar-refractivity contribution in [2.24, 2.45) is 5.92 Å². The molecule has 0 saturated heterocycles. The minimum Gasteiger partial charge on any atom is -0.399 e. The maximum Gasteiger partial charge on any atom is 0.136 e. The van der Waals surface area contributed by atoms with Gasteiger partial charge in [0.05, 0.1) is 0 Å². The number of benzene rings is 1. The molecular weight excluding hydrogens is 210 g/mol. The van der Waals surface area contributed by atoms with Gasteiger partial charge in [-0.15, -0.1) is 0 Å². The van der Waals surface area contributed by atoms with Crippen molar-refractivity contribution < 1.29 is 4.79 Å². The first-order chi connectivity index (χ1) is 8.08. The first-order valence-corrected chi connectivity index (χ1v) is 6.46. The van der Waals surface area contributed by atoms with Gasteiger partial charge >= 0.3 is 0 Å². The molecule has 0 fully saturated rings. The smallest absolute Gasteiger partial charge is 0.136 e. The van der Waals surface area contributed by atoms with E-state index in [9.17, 15) is 4.79 Å². The molecule has 1 unspecified atom stereocenters. The highest BCUT2D eigenvalue weighted by Gasteiger charge is 2.17. The second-order valence-corrected chi connectivity index (χ2v) is 4.75. The van der Waals surface area contributed by atoms with Gasteiger partial charge in [-0.1, -0.05) is 32.9 Å². The van der Waals surface area contributed by atoms with Gasteiger partial charge in [0.15, 0.2) is 0 Å². The average Bonchev–Trinajstić information content (AvgIpc) is 2.31. The fraction of sp³-hybridized carbons (Fsp3) is 0.533. The third-order valence-electron chi connectivity index (χ3n) is 3.45. The number of carbonyl (C=O) groups is 1. The normalized spacial score (nSPS) is 12.7. The molecule has 0 aliphatic heterocycles. The predicted molar refractivity (Wildman–Crippen MR) is 73.0 cm³/mol. The minimum atomic E-state index is 0.228. The Morgan fingerprint density at radius 3 is 2.18 bits per heavy atom. The summed E-state index contributed by atoms with van der Waals surface area (Å²) < 4.78 is 0. The Morgan fingerprint density at radius 2 is 1.71 bits per heavy atom. The van der Waals surface area contributed by atoms with E-state index in [0.717, 1.165) is 18.5 Å². The van der Waals surface area contributed by atoms with E-state index in [4.69, 9.17) is 5.73 Å². The van der Waals surface area contributed by atoms with Crippen LogP contribution in [0.25, 0.3) is 0 Å². The lowest BCUT2D eigenvalue weighted by molar-refractivity contribution is -0.123. The van der Waals surface area contributed by atoms with Crippen molar-refractivity contribution in [2.45, 2.75) is 46.0 Å². The van der Waals surface area contributed by atoms with E-state index in [1.807, 2.05) is 24.3 Å². The van der Waals surface area contributed by atoms with Crippen LogP contribution in [0.5, 0.6) is 0 Å². The SMILES string of the molecule is CCC(CC)C(=O)CC(C)c1ccc(N)cc1. The zero-order valence-electron chi connectivity index (χ0n) is 11.1. The minimum absolute atomic E-state index is 0.228. The number of hydrogen-bond donors (Lipinski definition) is 1.